The molecule has 15 heavy (non-hydrogen) atoms. The Morgan fingerprint density at radius 3 is 2.13 bits per heavy atom. The summed E-state index contributed by atoms with van der Waals surface area (Å²) in [5, 5.41) is 4.85. The first-order valence-electron chi connectivity index (χ1n) is 5.79. The van der Waals surface area contributed by atoms with E-state index in [2.05, 4.69) is 39.9 Å². The van der Waals surface area contributed by atoms with E-state index in [-0.39, 0.29) is 5.54 Å². The summed E-state index contributed by atoms with van der Waals surface area (Å²) in [6, 6.07) is 0. The number of aromatic nitrogens is 1. The lowest BCUT2D eigenvalue weighted by molar-refractivity contribution is 0.314. The molecule has 86 valence electrons. The van der Waals surface area contributed by atoms with Crippen molar-refractivity contribution in [1.82, 2.24) is 10.3 Å². The Labute approximate surface area is 97.1 Å². The van der Waals surface area contributed by atoms with Gasteiger partial charge in [-0.15, -0.1) is 11.3 Å². The molecule has 0 amide bonds. The first-order chi connectivity index (χ1) is 7.09. The molecule has 0 saturated heterocycles. The van der Waals surface area contributed by atoms with Crippen LogP contribution in [-0.2, 0) is 5.54 Å². The SMILES string of the molecule is CCNC(CC)(CC)c1nc(C)c(C)s1. The van der Waals surface area contributed by atoms with E-state index in [9.17, 15) is 0 Å². The lowest BCUT2D eigenvalue weighted by Gasteiger charge is -2.30. The number of rotatable bonds is 5. The third-order valence-electron chi connectivity index (χ3n) is 3.16. The van der Waals surface area contributed by atoms with Crippen molar-refractivity contribution >= 4 is 11.3 Å². The molecule has 0 unspecified atom stereocenters. The van der Waals surface area contributed by atoms with Gasteiger partial charge in [-0.1, -0.05) is 20.8 Å². The van der Waals surface area contributed by atoms with Crippen LogP contribution in [0.5, 0.6) is 0 Å². The Hall–Kier alpha value is -0.410. The number of aryl methyl sites for hydroxylation is 2. The monoisotopic (exact) mass is 226 g/mol. The van der Waals surface area contributed by atoms with E-state index in [1.54, 1.807) is 0 Å². The second-order valence-electron chi connectivity index (χ2n) is 3.98. The van der Waals surface area contributed by atoms with E-state index in [1.165, 1.54) is 15.6 Å². The van der Waals surface area contributed by atoms with Crippen LogP contribution in [0.1, 0.15) is 49.2 Å². The molecule has 0 aromatic carbocycles. The minimum atomic E-state index is 0.0957. The van der Waals surface area contributed by atoms with Crippen LogP contribution in [0.25, 0.3) is 0 Å². The van der Waals surface area contributed by atoms with Crippen molar-refractivity contribution in [3.8, 4) is 0 Å². The third kappa shape index (κ3) is 2.40. The van der Waals surface area contributed by atoms with Gasteiger partial charge in [-0.05, 0) is 33.2 Å². The van der Waals surface area contributed by atoms with Gasteiger partial charge in [0.1, 0.15) is 5.01 Å². The van der Waals surface area contributed by atoms with E-state index in [1.807, 2.05) is 11.3 Å². The molecular formula is C12H22N2S. The zero-order chi connectivity index (χ0) is 11.5. The van der Waals surface area contributed by atoms with Gasteiger partial charge in [-0.25, -0.2) is 4.98 Å². The van der Waals surface area contributed by atoms with Crippen LogP contribution in [0.15, 0.2) is 0 Å². The van der Waals surface area contributed by atoms with Gasteiger partial charge in [0.2, 0.25) is 0 Å². The Morgan fingerprint density at radius 2 is 1.80 bits per heavy atom. The highest BCUT2D eigenvalue weighted by Gasteiger charge is 2.30. The molecule has 3 heteroatoms. The number of nitrogens with one attached hydrogen (secondary N) is 1. The predicted octanol–water partition coefficient (Wildman–Crippen LogP) is 3.38. The van der Waals surface area contributed by atoms with Crippen molar-refractivity contribution in [1.29, 1.82) is 0 Å². The topological polar surface area (TPSA) is 24.9 Å². The molecule has 1 aromatic heterocycles. The van der Waals surface area contributed by atoms with Crippen molar-refractivity contribution in [2.75, 3.05) is 6.54 Å². The van der Waals surface area contributed by atoms with Crippen molar-refractivity contribution in [3.05, 3.63) is 15.6 Å². The van der Waals surface area contributed by atoms with E-state index >= 15 is 0 Å². The fourth-order valence-electron chi connectivity index (χ4n) is 1.89. The molecule has 0 bridgehead atoms. The van der Waals surface area contributed by atoms with E-state index in [0.29, 0.717) is 0 Å². The van der Waals surface area contributed by atoms with Gasteiger partial charge in [0.15, 0.2) is 0 Å². The van der Waals surface area contributed by atoms with Crippen molar-refractivity contribution in [2.24, 2.45) is 0 Å². The summed E-state index contributed by atoms with van der Waals surface area (Å²) in [7, 11) is 0. The molecule has 0 fully saturated rings. The molecule has 0 spiro atoms. The van der Waals surface area contributed by atoms with Gasteiger partial charge in [-0.3, -0.25) is 0 Å². The van der Waals surface area contributed by atoms with E-state index in [0.717, 1.165) is 19.4 Å². The van der Waals surface area contributed by atoms with Gasteiger partial charge < -0.3 is 5.32 Å². The Balaban J connectivity index is 3.07. The largest absolute Gasteiger partial charge is 0.306 e. The first-order valence-corrected chi connectivity index (χ1v) is 6.60. The van der Waals surface area contributed by atoms with Gasteiger partial charge in [0.25, 0.3) is 0 Å². The highest BCUT2D eigenvalue weighted by atomic mass is 32.1. The normalized spacial score (nSPS) is 12.1. The Morgan fingerprint density at radius 1 is 1.20 bits per heavy atom. The maximum Gasteiger partial charge on any atom is 0.113 e. The van der Waals surface area contributed by atoms with Crippen LogP contribution in [0.2, 0.25) is 0 Å². The average Bonchev–Trinajstić information content (AvgIpc) is 2.56. The average molecular weight is 226 g/mol. The summed E-state index contributed by atoms with van der Waals surface area (Å²) in [5.74, 6) is 0. The third-order valence-corrected chi connectivity index (χ3v) is 4.44. The fraction of sp³-hybridized carbons (Fsp3) is 0.750. The van der Waals surface area contributed by atoms with Crippen LogP contribution in [-0.4, -0.2) is 11.5 Å². The Kier molecular flexibility index (Phi) is 4.29. The van der Waals surface area contributed by atoms with Crippen LogP contribution in [0.3, 0.4) is 0 Å². The van der Waals surface area contributed by atoms with Gasteiger partial charge in [-0.2, -0.15) is 0 Å². The maximum absolute atomic E-state index is 4.70. The molecule has 0 radical (unpaired) electrons. The lowest BCUT2D eigenvalue weighted by Crippen LogP contribution is -2.41. The van der Waals surface area contributed by atoms with Crippen molar-refractivity contribution < 1.29 is 0 Å². The molecule has 1 rings (SSSR count). The lowest BCUT2D eigenvalue weighted by atomic mass is 9.93. The molecule has 0 aliphatic rings. The quantitative estimate of drug-likeness (QED) is 0.832. The van der Waals surface area contributed by atoms with E-state index < -0.39 is 0 Å². The number of nitrogens with zero attached hydrogens (tertiary/aromatic N) is 1. The van der Waals surface area contributed by atoms with Crippen LogP contribution >= 0.6 is 11.3 Å². The van der Waals surface area contributed by atoms with Gasteiger partial charge in [0, 0.05) is 4.88 Å². The van der Waals surface area contributed by atoms with Crippen LogP contribution < -0.4 is 5.32 Å². The molecule has 0 aliphatic heterocycles. The molecular weight excluding hydrogens is 204 g/mol. The smallest absolute Gasteiger partial charge is 0.113 e. The highest BCUT2D eigenvalue weighted by Crippen LogP contribution is 2.33. The molecule has 1 aromatic rings. The summed E-state index contributed by atoms with van der Waals surface area (Å²) < 4.78 is 0. The summed E-state index contributed by atoms with van der Waals surface area (Å²) in [6.07, 6.45) is 2.20. The maximum atomic E-state index is 4.70. The molecule has 1 N–H and O–H groups in total. The standard InChI is InChI=1S/C12H22N2S/c1-6-12(7-2,13-8-3)11-14-9(4)10(5)15-11/h13H,6-8H2,1-5H3. The molecule has 0 atom stereocenters. The molecule has 2 nitrogen and oxygen atoms in total. The van der Waals surface area contributed by atoms with Crippen LogP contribution in [0.4, 0.5) is 0 Å². The molecule has 0 saturated carbocycles. The van der Waals surface area contributed by atoms with Gasteiger partial charge in [0.05, 0.1) is 11.2 Å². The minimum Gasteiger partial charge on any atom is -0.306 e. The summed E-state index contributed by atoms with van der Waals surface area (Å²) in [5.41, 5.74) is 1.28. The van der Waals surface area contributed by atoms with Crippen molar-refractivity contribution in [3.63, 3.8) is 0 Å². The van der Waals surface area contributed by atoms with Gasteiger partial charge >= 0.3 is 0 Å². The molecule has 0 aliphatic carbocycles. The fourth-order valence-corrected chi connectivity index (χ4v) is 3.12. The first kappa shape index (κ1) is 12.7. The zero-order valence-electron chi connectivity index (χ0n) is 10.5. The zero-order valence-corrected chi connectivity index (χ0v) is 11.3. The number of hydrogen-bond acceptors (Lipinski definition) is 3. The second kappa shape index (κ2) is 5.08. The summed E-state index contributed by atoms with van der Waals surface area (Å²) in [6.45, 7) is 11.9. The summed E-state index contributed by atoms with van der Waals surface area (Å²) >= 11 is 1.84. The number of hydrogen-bond donors (Lipinski definition) is 1. The highest BCUT2D eigenvalue weighted by molar-refractivity contribution is 7.11. The number of thiazole rings is 1. The molecule has 1 heterocycles. The minimum absolute atomic E-state index is 0.0957. The predicted molar refractivity (Wildman–Crippen MR) is 67.5 cm³/mol. The second-order valence-corrected chi connectivity index (χ2v) is 5.18. The van der Waals surface area contributed by atoms with Crippen molar-refractivity contribution in [2.45, 2.75) is 53.0 Å². The summed E-state index contributed by atoms with van der Waals surface area (Å²) in [4.78, 5) is 6.04. The Bertz CT molecular complexity index is 294. The van der Waals surface area contributed by atoms with Crippen LogP contribution in [0, 0.1) is 13.8 Å². The van der Waals surface area contributed by atoms with E-state index in [4.69, 9.17) is 4.98 Å².